The lowest BCUT2D eigenvalue weighted by Crippen LogP contribution is -2.26. The van der Waals surface area contributed by atoms with Gasteiger partial charge in [-0.15, -0.1) is 0 Å². The number of carbonyl (C=O) groups excluding carboxylic acids is 1. The molecule has 0 unspecified atom stereocenters. The van der Waals surface area contributed by atoms with E-state index in [0.717, 1.165) is 12.2 Å². The van der Waals surface area contributed by atoms with Crippen LogP contribution in [0.5, 0.6) is 5.75 Å². The van der Waals surface area contributed by atoms with Crippen LogP contribution in [0.2, 0.25) is 0 Å². The largest absolute Gasteiger partial charge is 0.494 e. The van der Waals surface area contributed by atoms with E-state index < -0.39 is 0 Å². The lowest BCUT2D eigenvalue weighted by atomic mass is 10.2. The summed E-state index contributed by atoms with van der Waals surface area (Å²) in [5, 5.41) is 11.2. The molecule has 0 atom stereocenters. The first-order chi connectivity index (χ1) is 7.77. The quantitative estimate of drug-likeness (QED) is 0.761. The molecule has 0 aliphatic heterocycles. The second kappa shape index (κ2) is 6.85. The van der Waals surface area contributed by atoms with Crippen molar-refractivity contribution in [3.05, 3.63) is 29.8 Å². The number of hydrogen-bond donors (Lipinski definition) is 2. The number of rotatable bonds is 6. The first kappa shape index (κ1) is 12.5. The predicted molar refractivity (Wildman–Crippen MR) is 61.6 cm³/mol. The Morgan fingerprint density at radius 2 is 2.06 bits per heavy atom. The summed E-state index contributed by atoms with van der Waals surface area (Å²) in [7, 11) is 0. The minimum atomic E-state index is -0.184. The van der Waals surface area contributed by atoms with Crippen LogP contribution in [0.15, 0.2) is 24.3 Å². The van der Waals surface area contributed by atoms with Crippen molar-refractivity contribution in [2.45, 2.75) is 13.3 Å². The Bertz CT molecular complexity index is 322. The first-order valence-corrected chi connectivity index (χ1v) is 5.40. The van der Waals surface area contributed by atoms with Crippen LogP contribution < -0.4 is 10.1 Å². The normalized spacial score (nSPS) is 9.88. The lowest BCUT2D eigenvalue weighted by Gasteiger charge is -2.06. The first-order valence-electron chi connectivity index (χ1n) is 5.40. The highest BCUT2D eigenvalue weighted by molar-refractivity contribution is 5.94. The molecule has 4 nitrogen and oxygen atoms in total. The van der Waals surface area contributed by atoms with Gasteiger partial charge >= 0.3 is 0 Å². The number of benzene rings is 1. The monoisotopic (exact) mass is 223 g/mol. The van der Waals surface area contributed by atoms with E-state index in [2.05, 4.69) is 5.32 Å². The molecule has 0 saturated carbocycles. The van der Waals surface area contributed by atoms with Crippen molar-refractivity contribution in [3.8, 4) is 5.75 Å². The van der Waals surface area contributed by atoms with Crippen LogP contribution in [-0.2, 0) is 0 Å². The molecule has 0 heterocycles. The van der Waals surface area contributed by atoms with Gasteiger partial charge in [0.25, 0.3) is 5.91 Å². The molecule has 0 aromatic heterocycles. The van der Waals surface area contributed by atoms with Gasteiger partial charge in [-0.25, -0.2) is 0 Å². The zero-order chi connectivity index (χ0) is 11.8. The predicted octanol–water partition coefficient (Wildman–Crippen LogP) is 1.20. The number of amides is 1. The van der Waals surface area contributed by atoms with Crippen LogP contribution in [0.4, 0.5) is 0 Å². The second-order valence-corrected chi connectivity index (χ2v) is 3.35. The Balaban J connectivity index is 2.53. The molecule has 0 saturated heterocycles. The average Bonchev–Trinajstić information content (AvgIpc) is 2.34. The van der Waals surface area contributed by atoms with Gasteiger partial charge in [-0.2, -0.15) is 0 Å². The number of ether oxygens (including phenoxy) is 1. The Morgan fingerprint density at radius 1 is 1.38 bits per heavy atom. The molecule has 0 spiro atoms. The van der Waals surface area contributed by atoms with Crippen molar-refractivity contribution >= 4 is 5.91 Å². The van der Waals surface area contributed by atoms with Crippen molar-refractivity contribution in [2.24, 2.45) is 0 Å². The van der Waals surface area contributed by atoms with Crippen molar-refractivity contribution in [2.75, 3.05) is 19.8 Å². The zero-order valence-electron chi connectivity index (χ0n) is 9.40. The van der Waals surface area contributed by atoms with E-state index in [4.69, 9.17) is 9.84 Å². The van der Waals surface area contributed by atoms with Crippen LogP contribution in [-0.4, -0.2) is 30.8 Å². The Hall–Kier alpha value is -1.55. The molecule has 1 aromatic rings. The molecule has 1 aromatic carbocycles. The third kappa shape index (κ3) is 3.90. The summed E-state index contributed by atoms with van der Waals surface area (Å²) in [6.07, 6.45) is 0.957. The van der Waals surface area contributed by atoms with E-state index in [1.807, 2.05) is 6.92 Å². The maximum atomic E-state index is 11.5. The Kier molecular flexibility index (Phi) is 5.36. The fraction of sp³-hybridized carbons (Fsp3) is 0.417. The molecule has 0 bridgehead atoms. The van der Waals surface area contributed by atoms with Crippen LogP contribution in [0.3, 0.4) is 0 Å². The van der Waals surface area contributed by atoms with Crippen LogP contribution in [0.1, 0.15) is 23.7 Å². The minimum Gasteiger partial charge on any atom is -0.494 e. The highest BCUT2D eigenvalue weighted by Crippen LogP contribution is 2.12. The highest BCUT2D eigenvalue weighted by Gasteiger charge is 2.04. The molecule has 4 heteroatoms. The topological polar surface area (TPSA) is 58.6 Å². The summed E-state index contributed by atoms with van der Waals surface area (Å²) in [6.45, 7) is 2.93. The molecule has 0 aliphatic rings. The summed E-state index contributed by atoms with van der Waals surface area (Å²) in [4.78, 5) is 11.5. The van der Waals surface area contributed by atoms with Gasteiger partial charge in [-0.1, -0.05) is 6.92 Å². The van der Waals surface area contributed by atoms with Gasteiger partial charge in [-0.05, 0) is 30.7 Å². The molecule has 0 aliphatic carbocycles. The van der Waals surface area contributed by atoms with E-state index in [0.29, 0.717) is 12.2 Å². The fourth-order valence-electron chi connectivity index (χ4n) is 1.19. The summed E-state index contributed by atoms with van der Waals surface area (Å²) < 4.78 is 5.40. The molecule has 1 amide bonds. The molecule has 1 rings (SSSR count). The second-order valence-electron chi connectivity index (χ2n) is 3.35. The van der Waals surface area contributed by atoms with Gasteiger partial charge in [0, 0.05) is 12.1 Å². The average molecular weight is 223 g/mol. The summed E-state index contributed by atoms with van der Waals surface area (Å²) >= 11 is 0. The molecule has 2 N–H and O–H groups in total. The van der Waals surface area contributed by atoms with E-state index in [1.165, 1.54) is 0 Å². The maximum absolute atomic E-state index is 11.5. The number of carbonyl (C=O) groups is 1. The van der Waals surface area contributed by atoms with Crippen molar-refractivity contribution in [1.82, 2.24) is 5.32 Å². The fourth-order valence-corrected chi connectivity index (χ4v) is 1.19. The molecule has 0 radical (unpaired) electrons. The van der Waals surface area contributed by atoms with Crippen molar-refractivity contribution in [3.63, 3.8) is 0 Å². The van der Waals surface area contributed by atoms with Crippen LogP contribution in [0, 0.1) is 0 Å². The van der Waals surface area contributed by atoms with Gasteiger partial charge in [-0.3, -0.25) is 4.79 Å². The highest BCUT2D eigenvalue weighted by atomic mass is 16.5. The van der Waals surface area contributed by atoms with Gasteiger partial charge in [0.05, 0.1) is 13.2 Å². The molecular weight excluding hydrogens is 206 g/mol. The van der Waals surface area contributed by atoms with Gasteiger partial charge < -0.3 is 15.2 Å². The van der Waals surface area contributed by atoms with Crippen molar-refractivity contribution < 1.29 is 14.6 Å². The van der Waals surface area contributed by atoms with Crippen LogP contribution in [0.25, 0.3) is 0 Å². The SMILES string of the molecule is CCCOc1ccc(C(=O)NCCO)cc1. The lowest BCUT2D eigenvalue weighted by molar-refractivity contribution is 0.0944. The number of aliphatic hydroxyl groups is 1. The number of hydrogen-bond acceptors (Lipinski definition) is 3. The van der Waals surface area contributed by atoms with Gasteiger partial charge in [0.15, 0.2) is 0 Å². The third-order valence-corrected chi connectivity index (χ3v) is 1.99. The van der Waals surface area contributed by atoms with Gasteiger partial charge in [0.1, 0.15) is 5.75 Å². The standard InChI is InChI=1S/C12H17NO3/c1-2-9-16-11-5-3-10(4-6-11)12(15)13-7-8-14/h3-6,14H,2,7-9H2,1H3,(H,13,15). The third-order valence-electron chi connectivity index (χ3n) is 1.99. The zero-order valence-corrected chi connectivity index (χ0v) is 9.40. The van der Waals surface area contributed by atoms with E-state index >= 15 is 0 Å². The summed E-state index contributed by atoms with van der Waals surface area (Å²) in [5.74, 6) is 0.580. The number of aliphatic hydroxyl groups excluding tert-OH is 1. The summed E-state index contributed by atoms with van der Waals surface area (Å²) in [5.41, 5.74) is 0.567. The molecule has 16 heavy (non-hydrogen) atoms. The number of nitrogens with one attached hydrogen (secondary N) is 1. The van der Waals surface area contributed by atoms with Crippen molar-refractivity contribution in [1.29, 1.82) is 0 Å². The Morgan fingerprint density at radius 3 is 2.62 bits per heavy atom. The summed E-state index contributed by atoms with van der Waals surface area (Å²) in [6, 6.07) is 6.95. The van der Waals surface area contributed by atoms with E-state index in [9.17, 15) is 4.79 Å². The molecule has 0 fully saturated rings. The smallest absolute Gasteiger partial charge is 0.251 e. The van der Waals surface area contributed by atoms with Crippen LogP contribution >= 0.6 is 0 Å². The maximum Gasteiger partial charge on any atom is 0.251 e. The van der Waals surface area contributed by atoms with Gasteiger partial charge in [0.2, 0.25) is 0 Å². The minimum absolute atomic E-state index is 0.0521. The van der Waals surface area contributed by atoms with E-state index in [1.54, 1.807) is 24.3 Å². The molecule has 88 valence electrons. The van der Waals surface area contributed by atoms with E-state index in [-0.39, 0.29) is 19.1 Å². The molecular formula is C12H17NO3. The Labute approximate surface area is 95.2 Å².